The summed E-state index contributed by atoms with van der Waals surface area (Å²) < 4.78 is 7.77. The Balaban J connectivity index is 2.73. The molecule has 2 rings (SSSR count). The lowest BCUT2D eigenvalue weighted by molar-refractivity contribution is 0.423. The Morgan fingerprint density at radius 1 is 1.43 bits per heavy atom. The van der Waals surface area contributed by atoms with Crippen LogP contribution in [0.2, 0.25) is 0 Å². The van der Waals surface area contributed by atoms with E-state index >= 15 is 0 Å². The van der Waals surface area contributed by atoms with Gasteiger partial charge in [-0.15, -0.1) is 0 Å². The molecule has 14 heavy (non-hydrogen) atoms. The van der Waals surface area contributed by atoms with Gasteiger partial charge in [0, 0.05) is 14.7 Å². The molecule has 0 radical (unpaired) electrons. The van der Waals surface area contributed by atoms with Crippen LogP contribution in [0.25, 0.3) is 10.1 Å². The highest BCUT2D eigenvalue weighted by Crippen LogP contribution is 2.38. The van der Waals surface area contributed by atoms with Gasteiger partial charge in [0.2, 0.25) is 0 Å². The predicted octanol–water partition coefficient (Wildman–Crippen LogP) is 4.23. The molecule has 0 N–H and O–H groups in total. The largest absolute Gasteiger partial charge is 0.487 e. The number of methoxy groups -OCH3 is 1. The van der Waals surface area contributed by atoms with Crippen LogP contribution in [0.3, 0.4) is 0 Å². The zero-order valence-corrected chi connectivity index (χ0v) is 10.5. The van der Waals surface area contributed by atoms with Crippen LogP contribution in [0, 0.1) is 0 Å². The van der Waals surface area contributed by atoms with Gasteiger partial charge in [0.1, 0.15) is 0 Å². The first kappa shape index (κ1) is 9.99. The van der Waals surface area contributed by atoms with E-state index in [1.54, 1.807) is 18.4 Å². The fraction of sp³-hybridized carbons (Fsp3) is 0.273. The fourth-order valence-corrected chi connectivity index (χ4v) is 3.26. The smallest absolute Gasteiger partial charge is 0.177 e. The Morgan fingerprint density at radius 2 is 2.21 bits per heavy atom. The number of ether oxygens (including phenoxy) is 1. The van der Waals surface area contributed by atoms with Crippen molar-refractivity contribution in [1.29, 1.82) is 0 Å². The van der Waals surface area contributed by atoms with Crippen molar-refractivity contribution in [2.24, 2.45) is 0 Å². The second-order valence-electron chi connectivity index (χ2n) is 3.07. The molecule has 0 aliphatic rings. The summed E-state index contributed by atoms with van der Waals surface area (Å²) >= 11 is 5.19. The number of thiophene rings is 1. The Hall–Kier alpha value is -0.540. The molecule has 1 nitrogen and oxygen atoms in total. The van der Waals surface area contributed by atoms with Crippen LogP contribution in [0.1, 0.15) is 12.5 Å². The van der Waals surface area contributed by atoms with Crippen molar-refractivity contribution >= 4 is 37.4 Å². The molecule has 0 saturated heterocycles. The highest BCUT2D eigenvalue weighted by atomic mass is 79.9. The molecule has 0 amide bonds. The lowest BCUT2D eigenvalue weighted by Gasteiger charge is -1.98. The second-order valence-corrected chi connectivity index (χ2v) is 5.00. The minimum absolute atomic E-state index is 1.02. The first-order valence-electron chi connectivity index (χ1n) is 4.51. The van der Waals surface area contributed by atoms with E-state index < -0.39 is 0 Å². The average Bonchev–Trinajstić information content (AvgIpc) is 2.54. The first-order valence-corrected chi connectivity index (χ1v) is 6.12. The molecule has 1 heterocycles. The zero-order valence-electron chi connectivity index (χ0n) is 8.13. The number of aryl methyl sites for hydroxylation is 1. The zero-order chi connectivity index (χ0) is 10.1. The summed E-state index contributed by atoms with van der Waals surface area (Å²) in [6.45, 7) is 2.16. The maximum atomic E-state index is 5.36. The monoisotopic (exact) mass is 270 g/mol. The van der Waals surface area contributed by atoms with Gasteiger partial charge < -0.3 is 4.74 Å². The summed E-state index contributed by atoms with van der Waals surface area (Å²) in [6, 6.07) is 6.37. The quantitative estimate of drug-likeness (QED) is 0.794. The van der Waals surface area contributed by atoms with Crippen molar-refractivity contribution in [2.75, 3.05) is 7.11 Å². The van der Waals surface area contributed by atoms with E-state index in [2.05, 4.69) is 41.1 Å². The standard InChI is InChI=1S/C11H11BrOS/c1-3-8-9-5-4-7(12)6-10(9)14-11(8)13-2/h4-6H,3H2,1-2H3. The highest BCUT2D eigenvalue weighted by Gasteiger charge is 2.10. The molecule has 74 valence electrons. The third kappa shape index (κ3) is 1.55. The minimum Gasteiger partial charge on any atom is -0.487 e. The van der Waals surface area contributed by atoms with Crippen molar-refractivity contribution < 1.29 is 4.74 Å². The van der Waals surface area contributed by atoms with E-state index in [9.17, 15) is 0 Å². The van der Waals surface area contributed by atoms with E-state index in [-0.39, 0.29) is 0 Å². The van der Waals surface area contributed by atoms with Crippen LogP contribution in [0.4, 0.5) is 0 Å². The summed E-state index contributed by atoms with van der Waals surface area (Å²) in [5.41, 5.74) is 1.32. The van der Waals surface area contributed by atoms with Gasteiger partial charge in [0.05, 0.1) is 7.11 Å². The third-order valence-electron chi connectivity index (χ3n) is 2.26. The van der Waals surface area contributed by atoms with Crippen molar-refractivity contribution in [3.63, 3.8) is 0 Å². The third-order valence-corrected chi connectivity index (χ3v) is 3.91. The van der Waals surface area contributed by atoms with Gasteiger partial charge in [-0.1, -0.05) is 40.3 Å². The lowest BCUT2D eigenvalue weighted by atomic mass is 10.1. The Bertz CT molecular complexity index is 462. The summed E-state index contributed by atoms with van der Waals surface area (Å²) in [5.74, 6) is 0. The Kier molecular flexibility index (Phi) is 2.79. The molecule has 3 heteroatoms. The normalized spacial score (nSPS) is 10.8. The number of fused-ring (bicyclic) bond motifs is 1. The van der Waals surface area contributed by atoms with Gasteiger partial charge in [0.15, 0.2) is 5.06 Å². The van der Waals surface area contributed by atoms with Crippen molar-refractivity contribution in [3.05, 3.63) is 28.2 Å². The molecule has 0 bridgehead atoms. The summed E-state index contributed by atoms with van der Waals surface area (Å²) in [6.07, 6.45) is 1.02. The molecule has 0 saturated carbocycles. The van der Waals surface area contributed by atoms with Crippen molar-refractivity contribution in [2.45, 2.75) is 13.3 Å². The van der Waals surface area contributed by atoms with Crippen LogP contribution in [-0.2, 0) is 6.42 Å². The van der Waals surface area contributed by atoms with Crippen LogP contribution in [0.5, 0.6) is 5.06 Å². The Morgan fingerprint density at radius 3 is 2.86 bits per heavy atom. The van der Waals surface area contributed by atoms with Gasteiger partial charge in [-0.2, -0.15) is 0 Å². The van der Waals surface area contributed by atoms with Gasteiger partial charge >= 0.3 is 0 Å². The van der Waals surface area contributed by atoms with Gasteiger partial charge in [-0.25, -0.2) is 0 Å². The van der Waals surface area contributed by atoms with Crippen LogP contribution < -0.4 is 4.74 Å². The molecule has 0 spiro atoms. The molecule has 1 aromatic heterocycles. The molecule has 1 aromatic carbocycles. The highest BCUT2D eigenvalue weighted by molar-refractivity contribution is 9.10. The molecule has 0 aliphatic carbocycles. The van der Waals surface area contributed by atoms with E-state index in [4.69, 9.17) is 4.74 Å². The van der Waals surface area contributed by atoms with E-state index in [0.717, 1.165) is 16.0 Å². The molecule has 2 aromatic rings. The number of rotatable bonds is 2. The number of halogens is 1. The van der Waals surface area contributed by atoms with E-state index in [1.807, 2.05) is 0 Å². The Labute approximate surface area is 95.8 Å². The molecular weight excluding hydrogens is 260 g/mol. The van der Waals surface area contributed by atoms with Crippen molar-refractivity contribution in [3.8, 4) is 5.06 Å². The van der Waals surface area contributed by atoms with Gasteiger partial charge in [0.25, 0.3) is 0 Å². The summed E-state index contributed by atoms with van der Waals surface area (Å²) in [7, 11) is 1.74. The SMILES string of the molecule is CCc1c(OC)sc2cc(Br)ccc12. The van der Waals surface area contributed by atoms with E-state index in [1.165, 1.54) is 15.6 Å². The second kappa shape index (κ2) is 3.91. The van der Waals surface area contributed by atoms with Crippen LogP contribution in [0.15, 0.2) is 22.7 Å². The van der Waals surface area contributed by atoms with Crippen molar-refractivity contribution in [1.82, 2.24) is 0 Å². The summed E-state index contributed by atoms with van der Waals surface area (Å²) in [4.78, 5) is 0. The molecule has 0 aliphatic heterocycles. The van der Waals surface area contributed by atoms with Gasteiger partial charge in [-0.3, -0.25) is 0 Å². The molecular formula is C11H11BrOS. The molecule has 0 atom stereocenters. The molecule has 0 fully saturated rings. The lowest BCUT2D eigenvalue weighted by Crippen LogP contribution is -1.84. The fourth-order valence-electron chi connectivity index (χ4n) is 1.60. The predicted molar refractivity (Wildman–Crippen MR) is 65.5 cm³/mol. The topological polar surface area (TPSA) is 9.23 Å². The first-order chi connectivity index (χ1) is 6.76. The molecule has 0 unspecified atom stereocenters. The van der Waals surface area contributed by atoms with Crippen LogP contribution in [-0.4, -0.2) is 7.11 Å². The average molecular weight is 271 g/mol. The number of hydrogen-bond acceptors (Lipinski definition) is 2. The maximum absolute atomic E-state index is 5.36. The van der Waals surface area contributed by atoms with Gasteiger partial charge in [-0.05, 0) is 23.9 Å². The number of hydrogen-bond donors (Lipinski definition) is 0. The van der Waals surface area contributed by atoms with E-state index in [0.29, 0.717) is 0 Å². The summed E-state index contributed by atoms with van der Waals surface area (Å²) in [5, 5.41) is 2.36. The maximum Gasteiger partial charge on any atom is 0.177 e. The minimum atomic E-state index is 1.02. The van der Waals surface area contributed by atoms with Crippen LogP contribution >= 0.6 is 27.3 Å². The number of benzene rings is 1.